The van der Waals surface area contributed by atoms with Crippen LogP contribution in [0.4, 0.5) is 0 Å². The largest absolute Gasteiger partial charge is 0.355 e. The van der Waals surface area contributed by atoms with Crippen molar-refractivity contribution in [1.29, 1.82) is 0 Å². The van der Waals surface area contributed by atoms with E-state index in [1.165, 1.54) is 25.9 Å². The number of nitrogens with one attached hydrogen (secondary N) is 2. The lowest BCUT2D eigenvalue weighted by Gasteiger charge is -2.30. The Bertz CT molecular complexity index is 593. The first-order valence-electron chi connectivity index (χ1n) is 9.30. The van der Waals surface area contributed by atoms with Gasteiger partial charge in [0.15, 0.2) is 0 Å². The molecule has 2 rings (SSSR count). The van der Waals surface area contributed by atoms with Crippen LogP contribution in [-0.2, 0) is 4.79 Å². The van der Waals surface area contributed by atoms with Gasteiger partial charge in [-0.2, -0.15) is 0 Å². The number of amides is 2. The Hall–Kier alpha value is -1.88. The van der Waals surface area contributed by atoms with Crippen molar-refractivity contribution in [2.45, 2.75) is 40.0 Å². The van der Waals surface area contributed by atoms with Crippen molar-refractivity contribution in [3.8, 4) is 0 Å². The highest BCUT2D eigenvalue weighted by atomic mass is 16.2. The molecule has 5 heteroatoms. The summed E-state index contributed by atoms with van der Waals surface area (Å²) in [5.74, 6) is 0.502. The molecule has 0 unspecified atom stereocenters. The van der Waals surface area contributed by atoms with E-state index >= 15 is 0 Å². The van der Waals surface area contributed by atoms with Crippen molar-refractivity contribution in [3.63, 3.8) is 0 Å². The number of nitrogens with zero attached hydrogens (tertiary/aromatic N) is 1. The van der Waals surface area contributed by atoms with Crippen molar-refractivity contribution >= 4 is 11.8 Å². The van der Waals surface area contributed by atoms with Gasteiger partial charge in [-0.1, -0.05) is 13.0 Å². The molecule has 25 heavy (non-hydrogen) atoms. The maximum Gasteiger partial charge on any atom is 0.251 e. The highest BCUT2D eigenvalue weighted by Crippen LogP contribution is 2.15. The molecular weight excluding hydrogens is 314 g/mol. The zero-order valence-electron chi connectivity index (χ0n) is 15.7. The molecule has 0 aromatic heterocycles. The fourth-order valence-electron chi connectivity index (χ4n) is 3.02. The number of carbonyl (C=O) groups excluding carboxylic acids is 2. The van der Waals surface area contributed by atoms with Crippen LogP contribution in [0.5, 0.6) is 0 Å². The summed E-state index contributed by atoms with van der Waals surface area (Å²) in [6.45, 7) is 10.3. The molecule has 1 aromatic carbocycles. The predicted octanol–water partition coefficient (Wildman–Crippen LogP) is 2.27. The maximum atomic E-state index is 12.1. The first-order valence-corrected chi connectivity index (χ1v) is 9.30. The molecule has 0 radical (unpaired) electrons. The molecule has 1 saturated heterocycles. The second-order valence-electron chi connectivity index (χ2n) is 7.21. The van der Waals surface area contributed by atoms with Crippen LogP contribution in [0.3, 0.4) is 0 Å². The number of carbonyl (C=O) groups is 2. The van der Waals surface area contributed by atoms with Crippen LogP contribution in [-0.4, -0.2) is 49.4 Å². The number of likely N-dealkylation sites (tertiary alicyclic amines) is 1. The van der Waals surface area contributed by atoms with Gasteiger partial charge in [-0.15, -0.1) is 0 Å². The second kappa shape index (κ2) is 9.56. The molecule has 5 nitrogen and oxygen atoms in total. The lowest BCUT2D eigenvalue weighted by Crippen LogP contribution is -2.39. The van der Waals surface area contributed by atoms with Crippen molar-refractivity contribution in [2.24, 2.45) is 5.92 Å². The molecular formula is C20H31N3O2. The highest BCUT2D eigenvalue weighted by Gasteiger charge is 2.15. The average Bonchev–Trinajstić information content (AvgIpc) is 2.60. The SMILES string of the molecule is Cc1ccc(C(=O)NCC(=O)NCCCN2CCC(C)CC2)cc1C. The molecule has 1 aliphatic rings. The Morgan fingerprint density at radius 1 is 1.12 bits per heavy atom. The molecule has 0 bridgehead atoms. The average molecular weight is 345 g/mol. The summed E-state index contributed by atoms with van der Waals surface area (Å²) < 4.78 is 0. The minimum Gasteiger partial charge on any atom is -0.355 e. The second-order valence-corrected chi connectivity index (χ2v) is 7.21. The topological polar surface area (TPSA) is 61.4 Å². The van der Waals surface area contributed by atoms with Gasteiger partial charge in [0.2, 0.25) is 5.91 Å². The normalized spacial score (nSPS) is 15.8. The van der Waals surface area contributed by atoms with Gasteiger partial charge in [-0.3, -0.25) is 9.59 Å². The van der Waals surface area contributed by atoms with Crippen LogP contribution in [0.1, 0.15) is 47.7 Å². The smallest absolute Gasteiger partial charge is 0.251 e. The van der Waals surface area contributed by atoms with Crippen molar-refractivity contribution in [2.75, 3.05) is 32.7 Å². The van der Waals surface area contributed by atoms with Crippen molar-refractivity contribution < 1.29 is 9.59 Å². The van der Waals surface area contributed by atoms with Crippen LogP contribution in [0.2, 0.25) is 0 Å². The van der Waals surface area contributed by atoms with Gasteiger partial charge < -0.3 is 15.5 Å². The molecule has 0 atom stereocenters. The van der Waals surface area contributed by atoms with Crippen molar-refractivity contribution in [3.05, 3.63) is 34.9 Å². The summed E-state index contributed by atoms with van der Waals surface area (Å²) in [5.41, 5.74) is 2.82. The summed E-state index contributed by atoms with van der Waals surface area (Å²) >= 11 is 0. The highest BCUT2D eigenvalue weighted by molar-refractivity contribution is 5.96. The molecule has 138 valence electrons. The van der Waals surface area contributed by atoms with Gasteiger partial charge in [0.1, 0.15) is 0 Å². The van der Waals surface area contributed by atoms with E-state index in [9.17, 15) is 9.59 Å². The number of hydrogen-bond acceptors (Lipinski definition) is 3. The molecule has 0 saturated carbocycles. The number of piperidine rings is 1. The summed E-state index contributed by atoms with van der Waals surface area (Å²) in [5, 5.41) is 5.56. The lowest BCUT2D eigenvalue weighted by atomic mass is 9.99. The Morgan fingerprint density at radius 2 is 1.84 bits per heavy atom. The van der Waals surface area contributed by atoms with Gasteiger partial charge in [0.25, 0.3) is 5.91 Å². The third-order valence-electron chi connectivity index (χ3n) is 5.03. The van der Waals surface area contributed by atoms with Crippen LogP contribution in [0.15, 0.2) is 18.2 Å². The predicted molar refractivity (Wildman–Crippen MR) is 101 cm³/mol. The Morgan fingerprint density at radius 3 is 2.52 bits per heavy atom. The summed E-state index contributed by atoms with van der Waals surface area (Å²) in [6.07, 6.45) is 3.50. The number of benzene rings is 1. The van der Waals surface area contributed by atoms with Crippen LogP contribution in [0, 0.1) is 19.8 Å². The number of aryl methyl sites for hydroxylation is 2. The standard InChI is InChI=1S/C20H31N3O2/c1-15-7-11-23(12-8-15)10-4-9-21-19(24)14-22-20(25)18-6-5-16(2)17(3)13-18/h5-6,13,15H,4,7-12,14H2,1-3H3,(H,21,24)(H,22,25). The first-order chi connectivity index (χ1) is 12.0. The fourth-order valence-corrected chi connectivity index (χ4v) is 3.02. The summed E-state index contributed by atoms with van der Waals surface area (Å²) in [7, 11) is 0. The maximum absolute atomic E-state index is 12.1. The van der Waals surface area contributed by atoms with Gasteiger partial charge in [-0.25, -0.2) is 0 Å². The first kappa shape index (κ1) is 19.4. The van der Waals surface area contributed by atoms with Gasteiger partial charge in [0, 0.05) is 12.1 Å². The van der Waals surface area contributed by atoms with E-state index in [4.69, 9.17) is 0 Å². The molecule has 2 N–H and O–H groups in total. The minimum absolute atomic E-state index is 0.0208. The third-order valence-corrected chi connectivity index (χ3v) is 5.03. The lowest BCUT2D eigenvalue weighted by molar-refractivity contribution is -0.120. The molecule has 2 amide bonds. The molecule has 1 aromatic rings. The van der Waals surface area contributed by atoms with Crippen LogP contribution >= 0.6 is 0 Å². The van der Waals surface area contributed by atoms with E-state index < -0.39 is 0 Å². The quantitative estimate of drug-likeness (QED) is 0.745. The van der Waals surface area contributed by atoms with Crippen LogP contribution < -0.4 is 10.6 Å². The molecule has 1 aliphatic heterocycles. The Kier molecular flexibility index (Phi) is 7.44. The number of hydrogen-bond donors (Lipinski definition) is 2. The van der Waals surface area contributed by atoms with E-state index in [1.807, 2.05) is 26.0 Å². The van der Waals surface area contributed by atoms with Crippen molar-refractivity contribution in [1.82, 2.24) is 15.5 Å². The van der Waals surface area contributed by atoms with Gasteiger partial charge >= 0.3 is 0 Å². The van der Waals surface area contributed by atoms with E-state index in [1.54, 1.807) is 6.07 Å². The molecule has 0 aliphatic carbocycles. The fraction of sp³-hybridized carbons (Fsp3) is 0.600. The monoisotopic (exact) mass is 345 g/mol. The van der Waals surface area contributed by atoms with E-state index in [0.29, 0.717) is 12.1 Å². The van der Waals surface area contributed by atoms with E-state index in [-0.39, 0.29) is 18.4 Å². The minimum atomic E-state index is -0.208. The zero-order chi connectivity index (χ0) is 18.2. The number of rotatable bonds is 7. The molecule has 1 fully saturated rings. The molecule has 1 heterocycles. The van der Waals surface area contributed by atoms with E-state index in [2.05, 4.69) is 22.5 Å². The Balaban J connectivity index is 1.60. The Labute approximate surface area is 151 Å². The van der Waals surface area contributed by atoms with Crippen LogP contribution in [0.25, 0.3) is 0 Å². The summed E-state index contributed by atoms with van der Waals surface area (Å²) in [4.78, 5) is 26.4. The zero-order valence-corrected chi connectivity index (χ0v) is 15.7. The third kappa shape index (κ3) is 6.50. The summed E-state index contributed by atoms with van der Waals surface area (Å²) in [6, 6.07) is 5.56. The molecule has 0 spiro atoms. The van der Waals surface area contributed by atoms with Gasteiger partial charge in [-0.05, 0) is 81.9 Å². The van der Waals surface area contributed by atoms with Gasteiger partial charge in [0.05, 0.1) is 6.54 Å². The van der Waals surface area contributed by atoms with E-state index in [0.717, 1.165) is 30.0 Å².